The highest BCUT2D eigenvalue weighted by Crippen LogP contribution is 2.15. The molecule has 1 heterocycles. The first-order valence-corrected chi connectivity index (χ1v) is 3.05. The number of rotatable bonds is 2. The van der Waals surface area contributed by atoms with Gasteiger partial charge in [-0.25, -0.2) is 13.8 Å². The Labute approximate surface area is 57.5 Å². The van der Waals surface area contributed by atoms with Gasteiger partial charge in [-0.1, -0.05) is 0 Å². The van der Waals surface area contributed by atoms with Crippen LogP contribution in [0, 0.1) is 0 Å². The molecular formula is C6H8F2N2. The Balaban J connectivity index is 2.90. The Morgan fingerprint density at radius 1 is 1.70 bits per heavy atom. The summed E-state index contributed by atoms with van der Waals surface area (Å²) in [7, 11) is 0. The van der Waals surface area contributed by atoms with Crippen molar-refractivity contribution < 1.29 is 8.78 Å². The Hall–Kier alpha value is -0.930. The Bertz CT molecular complexity index is 207. The van der Waals surface area contributed by atoms with E-state index >= 15 is 0 Å². The molecule has 0 aliphatic carbocycles. The third-order valence-corrected chi connectivity index (χ3v) is 1.28. The fourth-order valence-electron chi connectivity index (χ4n) is 0.790. The van der Waals surface area contributed by atoms with Crippen molar-refractivity contribution in [3.05, 3.63) is 18.2 Å². The molecule has 1 rings (SSSR count). The fourth-order valence-corrected chi connectivity index (χ4v) is 0.790. The third kappa shape index (κ3) is 1.15. The molecular weight excluding hydrogens is 138 g/mol. The van der Waals surface area contributed by atoms with Crippen molar-refractivity contribution in [2.24, 2.45) is 0 Å². The quantitative estimate of drug-likeness (QED) is 0.622. The van der Waals surface area contributed by atoms with Crippen molar-refractivity contribution >= 4 is 0 Å². The minimum atomic E-state index is -2.46. The maximum Gasteiger partial charge on any atom is 0.295 e. The normalized spacial score (nSPS) is 10.8. The summed E-state index contributed by atoms with van der Waals surface area (Å²) in [5.74, 6) is -0.150. The highest BCUT2D eigenvalue weighted by atomic mass is 19.3. The Morgan fingerprint density at radius 3 is 2.80 bits per heavy atom. The summed E-state index contributed by atoms with van der Waals surface area (Å²) in [5, 5.41) is 0. The lowest BCUT2D eigenvalue weighted by Gasteiger charge is -2.01. The Kier molecular flexibility index (Phi) is 1.99. The van der Waals surface area contributed by atoms with Gasteiger partial charge in [0.15, 0.2) is 5.82 Å². The molecule has 0 spiro atoms. The van der Waals surface area contributed by atoms with Crippen LogP contribution in [0.4, 0.5) is 8.78 Å². The molecule has 0 aliphatic rings. The van der Waals surface area contributed by atoms with Crippen molar-refractivity contribution in [1.29, 1.82) is 0 Å². The monoisotopic (exact) mass is 146 g/mol. The van der Waals surface area contributed by atoms with Gasteiger partial charge in [0.05, 0.1) is 0 Å². The molecule has 0 N–H and O–H groups in total. The molecule has 0 bridgehead atoms. The second-order valence-corrected chi connectivity index (χ2v) is 1.87. The van der Waals surface area contributed by atoms with Crippen molar-refractivity contribution in [2.45, 2.75) is 19.9 Å². The molecule has 56 valence electrons. The van der Waals surface area contributed by atoms with Gasteiger partial charge in [0, 0.05) is 18.9 Å². The summed E-state index contributed by atoms with van der Waals surface area (Å²) in [6.45, 7) is 2.34. The number of hydrogen-bond acceptors (Lipinski definition) is 1. The number of imidazole rings is 1. The van der Waals surface area contributed by atoms with Crippen LogP contribution in [0.25, 0.3) is 0 Å². The molecule has 0 saturated carbocycles. The minimum absolute atomic E-state index is 0.150. The molecule has 0 aromatic carbocycles. The van der Waals surface area contributed by atoms with E-state index in [1.807, 2.05) is 0 Å². The number of nitrogens with zero attached hydrogens (tertiary/aromatic N) is 2. The van der Waals surface area contributed by atoms with Crippen molar-refractivity contribution in [2.75, 3.05) is 0 Å². The summed E-state index contributed by atoms with van der Waals surface area (Å²) in [5.41, 5.74) is 0. The molecule has 0 unspecified atom stereocenters. The standard InChI is InChI=1S/C6H8F2N2/c1-2-10-4-3-9-6(10)5(7)8/h3-5H,2H2,1H3. The van der Waals surface area contributed by atoms with Crippen molar-refractivity contribution in [3.63, 3.8) is 0 Å². The molecule has 1 aromatic heterocycles. The molecule has 0 amide bonds. The van der Waals surface area contributed by atoms with Crippen LogP contribution in [-0.2, 0) is 6.54 Å². The van der Waals surface area contributed by atoms with Gasteiger partial charge in [-0.2, -0.15) is 0 Å². The zero-order valence-electron chi connectivity index (χ0n) is 5.59. The molecule has 4 heteroatoms. The molecule has 0 fully saturated rings. The van der Waals surface area contributed by atoms with E-state index in [4.69, 9.17) is 0 Å². The second kappa shape index (κ2) is 2.77. The van der Waals surface area contributed by atoms with E-state index < -0.39 is 6.43 Å². The van der Waals surface area contributed by atoms with Crippen molar-refractivity contribution in [1.82, 2.24) is 9.55 Å². The summed E-state index contributed by atoms with van der Waals surface area (Å²) in [6.07, 6.45) is 0.460. The van der Waals surface area contributed by atoms with E-state index in [-0.39, 0.29) is 5.82 Å². The Morgan fingerprint density at radius 2 is 2.40 bits per heavy atom. The molecule has 0 atom stereocenters. The first-order chi connectivity index (χ1) is 4.75. The maximum atomic E-state index is 12.0. The van der Waals surface area contributed by atoms with Gasteiger partial charge < -0.3 is 4.57 Å². The number of hydrogen-bond donors (Lipinski definition) is 0. The van der Waals surface area contributed by atoms with Gasteiger partial charge in [-0.15, -0.1) is 0 Å². The number of aromatic nitrogens is 2. The smallest absolute Gasteiger partial charge is 0.295 e. The van der Waals surface area contributed by atoms with Gasteiger partial charge in [0.2, 0.25) is 0 Å². The molecule has 2 nitrogen and oxygen atoms in total. The second-order valence-electron chi connectivity index (χ2n) is 1.87. The average Bonchev–Trinajstić information content (AvgIpc) is 2.33. The van der Waals surface area contributed by atoms with Crippen LogP contribution >= 0.6 is 0 Å². The van der Waals surface area contributed by atoms with Crippen molar-refractivity contribution in [3.8, 4) is 0 Å². The van der Waals surface area contributed by atoms with Crippen LogP contribution in [0.15, 0.2) is 12.4 Å². The average molecular weight is 146 g/mol. The first-order valence-electron chi connectivity index (χ1n) is 3.05. The van der Waals surface area contributed by atoms with Gasteiger partial charge in [-0.3, -0.25) is 0 Å². The number of aryl methyl sites for hydroxylation is 1. The largest absolute Gasteiger partial charge is 0.330 e. The number of alkyl halides is 2. The zero-order valence-corrected chi connectivity index (χ0v) is 5.59. The van der Waals surface area contributed by atoms with Gasteiger partial charge >= 0.3 is 0 Å². The summed E-state index contributed by atoms with van der Waals surface area (Å²) in [4.78, 5) is 3.50. The predicted molar refractivity (Wildman–Crippen MR) is 32.9 cm³/mol. The SMILES string of the molecule is CCn1ccnc1C(F)F. The predicted octanol–water partition coefficient (Wildman–Crippen LogP) is 1.84. The first kappa shape index (κ1) is 7.18. The zero-order chi connectivity index (χ0) is 7.56. The van der Waals surface area contributed by atoms with Crippen LogP contribution in [-0.4, -0.2) is 9.55 Å². The highest BCUT2D eigenvalue weighted by molar-refractivity contribution is 4.92. The fraction of sp³-hybridized carbons (Fsp3) is 0.500. The van der Waals surface area contributed by atoms with E-state index in [0.29, 0.717) is 6.54 Å². The highest BCUT2D eigenvalue weighted by Gasteiger charge is 2.11. The van der Waals surface area contributed by atoms with Crippen LogP contribution in [0.3, 0.4) is 0 Å². The van der Waals surface area contributed by atoms with E-state index in [0.717, 1.165) is 0 Å². The van der Waals surface area contributed by atoms with Crippen LogP contribution < -0.4 is 0 Å². The number of halogens is 2. The molecule has 10 heavy (non-hydrogen) atoms. The summed E-state index contributed by atoms with van der Waals surface area (Å²) >= 11 is 0. The summed E-state index contributed by atoms with van der Waals surface area (Å²) in [6, 6.07) is 0. The van der Waals surface area contributed by atoms with Gasteiger partial charge in [0.25, 0.3) is 6.43 Å². The van der Waals surface area contributed by atoms with E-state index in [9.17, 15) is 8.78 Å². The van der Waals surface area contributed by atoms with Gasteiger partial charge in [0.1, 0.15) is 0 Å². The van der Waals surface area contributed by atoms with Crippen LogP contribution in [0.1, 0.15) is 19.2 Å². The topological polar surface area (TPSA) is 17.8 Å². The lowest BCUT2D eigenvalue weighted by molar-refractivity contribution is 0.135. The maximum absolute atomic E-state index is 12.0. The minimum Gasteiger partial charge on any atom is -0.330 e. The van der Waals surface area contributed by atoms with E-state index in [2.05, 4.69) is 4.98 Å². The molecule has 0 aliphatic heterocycles. The summed E-state index contributed by atoms with van der Waals surface area (Å²) < 4.78 is 25.4. The lowest BCUT2D eigenvalue weighted by Crippen LogP contribution is -2.00. The van der Waals surface area contributed by atoms with E-state index in [1.54, 1.807) is 13.1 Å². The third-order valence-electron chi connectivity index (χ3n) is 1.28. The lowest BCUT2D eigenvalue weighted by atomic mass is 10.6. The van der Waals surface area contributed by atoms with Crippen LogP contribution in [0.2, 0.25) is 0 Å². The van der Waals surface area contributed by atoms with Gasteiger partial charge in [-0.05, 0) is 6.92 Å². The molecule has 0 radical (unpaired) electrons. The van der Waals surface area contributed by atoms with Crippen LogP contribution in [0.5, 0.6) is 0 Å². The van der Waals surface area contributed by atoms with E-state index in [1.165, 1.54) is 10.8 Å². The molecule has 1 aromatic rings. The molecule has 0 saturated heterocycles.